The minimum atomic E-state index is -0.557. The molecule has 1 N–H and O–H groups in total. The molecule has 7 heteroatoms. The molecule has 2 heterocycles. The molecule has 0 spiro atoms. The third-order valence-corrected chi connectivity index (χ3v) is 4.86. The highest BCUT2D eigenvalue weighted by Gasteiger charge is 2.43. The van der Waals surface area contributed by atoms with Crippen LogP contribution in [0.1, 0.15) is 25.5 Å². The number of hydrogen-bond donors (Lipinski definition) is 1. The number of nitrogens with one attached hydrogen (secondary N) is 1. The maximum absolute atomic E-state index is 12.9. The molecule has 1 atom stereocenters. The number of amides is 3. The number of nitrogens with zero attached hydrogens (tertiary/aromatic N) is 2. The fourth-order valence-corrected chi connectivity index (χ4v) is 3.70. The van der Waals surface area contributed by atoms with Crippen LogP contribution in [0.5, 0.6) is 0 Å². The zero-order valence-electron chi connectivity index (χ0n) is 13.8. The number of urea groups is 1. The largest absolute Gasteiger partial charge is 0.333 e. The van der Waals surface area contributed by atoms with Gasteiger partial charge < -0.3 is 10.2 Å². The van der Waals surface area contributed by atoms with E-state index in [4.69, 9.17) is 23.2 Å². The first-order chi connectivity index (χ1) is 11.3. The van der Waals surface area contributed by atoms with Crippen molar-refractivity contribution in [2.45, 2.75) is 19.9 Å². The van der Waals surface area contributed by atoms with Crippen molar-refractivity contribution < 1.29 is 9.59 Å². The molecule has 0 bridgehead atoms. The van der Waals surface area contributed by atoms with Gasteiger partial charge in [-0.1, -0.05) is 43.1 Å². The topological polar surface area (TPSA) is 52.7 Å². The monoisotopic (exact) mass is 367 g/mol. The average molecular weight is 368 g/mol. The summed E-state index contributed by atoms with van der Waals surface area (Å²) < 4.78 is 0. The molecule has 0 aromatic heterocycles. The molecule has 0 saturated carbocycles. The molecule has 0 aliphatic carbocycles. The zero-order valence-corrected chi connectivity index (χ0v) is 15.3. The van der Waals surface area contributed by atoms with Gasteiger partial charge in [-0.25, -0.2) is 4.79 Å². The standard InChI is InChI=1S/C17H19Cl2N3O2/c1-9(2)7-22-8-13-14(16(22)23)15(20-17(24)21(13)3)11-5-4-10(18)6-12(11)19/h4-6,9,15H,7-8H2,1-3H3,(H,20,24)/t15-/m0/s1. The number of halogens is 2. The summed E-state index contributed by atoms with van der Waals surface area (Å²) in [6.07, 6.45) is 0. The van der Waals surface area contributed by atoms with Crippen molar-refractivity contribution in [1.82, 2.24) is 15.1 Å². The molecular formula is C17H19Cl2N3O2. The van der Waals surface area contributed by atoms with Crippen molar-refractivity contribution in [2.75, 3.05) is 20.1 Å². The van der Waals surface area contributed by atoms with Gasteiger partial charge in [0.05, 0.1) is 23.9 Å². The lowest BCUT2D eigenvalue weighted by atomic mass is 9.95. The highest BCUT2D eigenvalue weighted by molar-refractivity contribution is 6.35. The maximum Gasteiger partial charge on any atom is 0.322 e. The molecule has 1 aromatic rings. The molecule has 2 aliphatic rings. The zero-order chi connectivity index (χ0) is 17.6. The molecule has 5 nitrogen and oxygen atoms in total. The summed E-state index contributed by atoms with van der Waals surface area (Å²) in [5, 5.41) is 3.81. The second-order valence-electron chi connectivity index (χ2n) is 6.55. The van der Waals surface area contributed by atoms with Gasteiger partial charge in [0.15, 0.2) is 0 Å². The number of carbonyl (C=O) groups is 2. The molecule has 24 heavy (non-hydrogen) atoms. The summed E-state index contributed by atoms with van der Waals surface area (Å²) in [5.41, 5.74) is 2.00. The lowest BCUT2D eigenvalue weighted by molar-refractivity contribution is -0.126. The van der Waals surface area contributed by atoms with E-state index in [2.05, 4.69) is 19.2 Å². The molecule has 128 valence electrons. The van der Waals surface area contributed by atoms with Crippen LogP contribution in [0, 0.1) is 5.92 Å². The predicted octanol–water partition coefficient (Wildman–Crippen LogP) is 3.44. The smallest absolute Gasteiger partial charge is 0.322 e. The normalized spacial score (nSPS) is 20.8. The minimum Gasteiger partial charge on any atom is -0.333 e. The molecule has 3 amide bonds. The van der Waals surface area contributed by atoms with Crippen LogP contribution in [0.15, 0.2) is 29.5 Å². The van der Waals surface area contributed by atoms with E-state index in [0.717, 1.165) is 5.70 Å². The minimum absolute atomic E-state index is 0.0541. The SMILES string of the molecule is CC(C)CN1CC2=C(C1=O)[C@H](c1ccc(Cl)cc1Cl)NC(=O)N2C. The van der Waals surface area contributed by atoms with Crippen LogP contribution in [-0.2, 0) is 4.79 Å². The molecule has 3 rings (SSSR count). The van der Waals surface area contributed by atoms with Crippen molar-refractivity contribution in [3.05, 3.63) is 45.1 Å². The summed E-state index contributed by atoms with van der Waals surface area (Å²) in [4.78, 5) is 28.5. The van der Waals surface area contributed by atoms with Crippen LogP contribution >= 0.6 is 23.2 Å². The van der Waals surface area contributed by atoms with E-state index in [0.29, 0.717) is 40.2 Å². The van der Waals surface area contributed by atoms with E-state index in [-0.39, 0.29) is 11.9 Å². The first-order valence-electron chi connectivity index (χ1n) is 7.81. The number of likely N-dealkylation sites (N-methyl/N-ethyl adjacent to an activating group) is 1. The predicted molar refractivity (Wildman–Crippen MR) is 93.9 cm³/mol. The van der Waals surface area contributed by atoms with Crippen LogP contribution in [0.3, 0.4) is 0 Å². The van der Waals surface area contributed by atoms with Gasteiger partial charge in [-0.2, -0.15) is 0 Å². The van der Waals surface area contributed by atoms with Gasteiger partial charge in [0.2, 0.25) is 0 Å². The first-order valence-corrected chi connectivity index (χ1v) is 8.56. The highest BCUT2D eigenvalue weighted by atomic mass is 35.5. The van der Waals surface area contributed by atoms with E-state index in [1.165, 1.54) is 4.90 Å². The fraction of sp³-hybridized carbons (Fsp3) is 0.412. The van der Waals surface area contributed by atoms with Crippen LogP contribution in [0.4, 0.5) is 4.79 Å². The Morgan fingerprint density at radius 1 is 1.29 bits per heavy atom. The quantitative estimate of drug-likeness (QED) is 0.889. The second kappa shape index (κ2) is 6.30. The molecule has 2 aliphatic heterocycles. The van der Waals surface area contributed by atoms with Gasteiger partial charge in [0.25, 0.3) is 5.91 Å². The summed E-state index contributed by atoms with van der Waals surface area (Å²) in [6, 6.07) is 4.28. The van der Waals surface area contributed by atoms with Gasteiger partial charge in [-0.15, -0.1) is 0 Å². The Bertz CT molecular complexity index is 745. The third-order valence-electron chi connectivity index (χ3n) is 4.29. The first kappa shape index (κ1) is 17.1. The van der Waals surface area contributed by atoms with Gasteiger partial charge in [-0.3, -0.25) is 9.69 Å². The van der Waals surface area contributed by atoms with Crippen LogP contribution in [0.2, 0.25) is 10.0 Å². The molecule has 0 unspecified atom stereocenters. The van der Waals surface area contributed by atoms with Gasteiger partial charge in [0.1, 0.15) is 0 Å². The van der Waals surface area contributed by atoms with Crippen molar-refractivity contribution in [2.24, 2.45) is 5.92 Å². The van der Waals surface area contributed by atoms with Crippen molar-refractivity contribution in [3.63, 3.8) is 0 Å². The summed E-state index contributed by atoms with van der Waals surface area (Å²) in [5.74, 6) is 0.295. The Morgan fingerprint density at radius 2 is 2.00 bits per heavy atom. The molecule has 1 aromatic carbocycles. The van der Waals surface area contributed by atoms with E-state index in [1.54, 1.807) is 30.1 Å². The van der Waals surface area contributed by atoms with Gasteiger partial charge in [-0.05, 0) is 23.6 Å². The summed E-state index contributed by atoms with van der Waals surface area (Å²) >= 11 is 12.3. The van der Waals surface area contributed by atoms with E-state index >= 15 is 0 Å². The van der Waals surface area contributed by atoms with Crippen LogP contribution in [-0.4, -0.2) is 41.9 Å². The van der Waals surface area contributed by atoms with Gasteiger partial charge >= 0.3 is 6.03 Å². The Balaban J connectivity index is 2.04. The lowest BCUT2D eigenvalue weighted by Gasteiger charge is -2.31. The Hall–Kier alpha value is -1.72. The maximum atomic E-state index is 12.9. The summed E-state index contributed by atoms with van der Waals surface area (Å²) in [6.45, 7) is 5.21. The second-order valence-corrected chi connectivity index (χ2v) is 7.39. The molecular weight excluding hydrogens is 349 g/mol. The van der Waals surface area contributed by atoms with E-state index < -0.39 is 6.04 Å². The number of rotatable bonds is 3. The highest BCUT2D eigenvalue weighted by Crippen LogP contribution is 2.38. The molecule has 0 saturated heterocycles. The Kier molecular flexibility index (Phi) is 4.49. The van der Waals surface area contributed by atoms with Crippen molar-refractivity contribution in [3.8, 4) is 0 Å². The van der Waals surface area contributed by atoms with Crippen molar-refractivity contribution >= 4 is 35.1 Å². The Morgan fingerprint density at radius 3 is 2.62 bits per heavy atom. The van der Waals surface area contributed by atoms with E-state index in [1.807, 2.05) is 0 Å². The van der Waals surface area contributed by atoms with E-state index in [9.17, 15) is 9.59 Å². The van der Waals surface area contributed by atoms with Crippen LogP contribution < -0.4 is 5.32 Å². The fourth-order valence-electron chi connectivity index (χ4n) is 3.18. The Labute approximate surface area is 151 Å². The molecule has 0 radical (unpaired) electrons. The van der Waals surface area contributed by atoms with Gasteiger partial charge in [0, 0.05) is 23.6 Å². The van der Waals surface area contributed by atoms with Crippen LogP contribution in [0.25, 0.3) is 0 Å². The number of hydrogen-bond acceptors (Lipinski definition) is 2. The lowest BCUT2D eigenvalue weighted by Crippen LogP contribution is -2.45. The average Bonchev–Trinajstić information content (AvgIpc) is 2.80. The third kappa shape index (κ3) is 2.87. The summed E-state index contributed by atoms with van der Waals surface area (Å²) in [7, 11) is 1.68. The van der Waals surface area contributed by atoms with Crippen molar-refractivity contribution in [1.29, 1.82) is 0 Å². The molecule has 0 fully saturated rings. The number of carbonyl (C=O) groups excluding carboxylic acids is 2. The number of benzene rings is 1.